The average Bonchev–Trinajstić information content (AvgIpc) is 2.38. The third-order valence-corrected chi connectivity index (χ3v) is 5.29. The lowest BCUT2D eigenvalue weighted by molar-refractivity contribution is 0.0614. The Labute approximate surface area is 123 Å². The Morgan fingerprint density at radius 3 is 2.58 bits per heavy atom. The maximum absolute atomic E-state index is 10.2. The first-order valence-corrected chi connectivity index (χ1v) is 8.86. The summed E-state index contributed by atoms with van der Waals surface area (Å²) in [7, 11) is 2.13. The van der Waals surface area contributed by atoms with E-state index in [1.807, 2.05) is 11.8 Å². The van der Waals surface area contributed by atoms with Crippen molar-refractivity contribution in [2.45, 2.75) is 45.8 Å². The Bertz CT molecular complexity index is 232. The number of hydrogen-bond acceptors (Lipinski definition) is 4. The molecule has 2 unspecified atom stereocenters. The highest BCUT2D eigenvalue weighted by molar-refractivity contribution is 7.99. The van der Waals surface area contributed by atoms with Gasteiger partial charge in [0, 0.05) is 24.9 Å². The normalized spacial score (nSPS) is 21.8. The fourth-order valence-electron chi connectivity index (χ4n) is 2.53. The molecule has 1 heterocycles. The van der Waals surface area contributed by atoms with Gasteiger partial charge in [-0.05, 0) is 51.6 Å². The van der Waals surface area contributed by atoms with Crippen molar-refractivity contribution in [2.75, 3.05) is 44.7 Å². The van der Waals surface area contributed by atoms with Crippen molar-refractivity contribution < 1.29 is 5.11 Å². The third-order valence-electron chi connectivity index (χ3n) is 4.16. The van der Waals surface area contributed by atoms with Gasteiger partial charge in [-0.25, -0.2) is 0 Å². The molecule has 1 saturated heterocycles. The standard InChI is InChI=1S/C15H32N2OS/c1-5-19-12-14(3)16(4)10-15(18)11-17-8-6-13(2)7-9-17/h13-15,18H,5-12H2,1-4H3. The minimum absolute atomic E-state index is 0.215. The van der Waals surface area contributed by atoms with Gasteiger partial charge >= 0.3 is 0 Å². The van der Waals surface area contributed by atoms with Gasteiger partial charge in [-0.3, -0.25) is 0 Å². The van der Waals surface area contributed by atoms with Crippen LogP contribution >= 0.6 is 11.8 Å². The second kappa shape index (κ2) is 9.22. The first-order chi connectivity index (χ1) is 9.02. The van der Waals surface area contributed by atoms with E-state index in [4.69, 9.17) is 0 Å². The average molecular weight is 289 g/mol. The van der Waals surface area contributed by atoms with E-state index in [1.165, 1.54) is 18.6 Å². The van der Waals surface area contributed by atoms with Crippen LogP contribution in [-0.4, -0.2) is 71.8 Å². The van der Waals surface area contributed by atoms with Gasteiger partial charge < -0.3 is 14.9 Å². The van der Waals surface area contributed by atoms with E-state index >= 15 is 0 Å². The Hall–Kier alpha value is 0.230. The summed E-state index contributed by atoms with van der Waals surface area (Å²) in [6, 6.07) is 0.543. The van der Waals surface area contributed by atoms with Gasteiger partial charge in [-0.15, -0.1) is 0 Å². The van der Waals surface area contributed by atoms with Crippen LogP contribution in [0.15, 0.2) is 0 Å². The third kappa shape index (κ3) is 6.98. The number of piperidine rings is 1. The number of aliphatic hydroxyl groups is 1. The van der Waals surface area contributed by atoms with Crippen LogP contribution in [0.4, 0.5) is 0 Å². The smallest absolute Gasteiger partial charge is 0.0793 e. The maximum atomic E-state index is 10.2. The van der Waals surface area contributed by atoms with Crippen molar-refractivity contribution in [3.63, 3.8) is 0 Å². The Balaban J connectivity index is 2.20. The van der Waals surface area contributed by atoms with Gasteiger partial charge in [-0.1, -0.05) is 13.8 Å². The maximum Gasteiger partial charge on any atom is 0.0793 e. The number of thioether (sulfide) groups is 1. The quantitative estimate of drug-likeness (QED) is 0.740. The molecular formula is C15H32N2OS. The zero-order valence-electron chi connectivity index (χ0n) is 13.1. The molecule has 0 radical (unpaired) electrons. The molecule has 2 atom stereocenters. The van der Waals surface area contributed by atoms with E-state index in [0.29, 0.717) is 6.04 Å². The molecule has 19 heavy (non-hydrogen) atoms. The van der Waals surface area contributed by atoms with E-state index in [9.17, 15) is 5.11 Å². The minimum atomic E-state index is -0.215. The van der Waals surface area contributed by atoms with E-state index in [0.717, 1.165) is 37.8 Å². The number of hydrogen-bond donors (Lipinski definition) is 1. The molecule has 1 aliphatic heterocycles. The lowest BCUT2D eigenvalue weighted by Gasteiger charge is -2.33. The summed E-state index contributed by atoms with van der Waals surface area (Å²) in [5.41, 5.74) is 0. The predicted octanol–water partition coefficient (Wildman–Crippen LogP) is 2.15. The van der Waals surface area contributed by atoms with Gasteiger partial charge in [0.25, 0.3) is 0 Å². The summed E-state index contributed by atoms with van der Waals surface area (Å²) < 4.78 is 0. The molecule has 0 spiro atoms. The highest BCUT2D eigenvalue weighted by atomic mass is 32.2. The molecule has 1 aliphatic rings. The lowest BCUT2D eigenvalue weighted by atomic mass is 9.99. The molecule has 1 fully saturated rings. The van der Waals surface area contributed by atoms with Crippen molar-refractivity contribution >= 4 is 11.8 Å². The van der Waals surface area contributed by atoms with E-state index in [1.54, 1.807) is 0 Å². The van der Waals surface area contributed by atoms with Gasteiger partial charge in [0.05, 0.1) is 6.10 Å². The largest absolute Gasteiger partial charge is 0.390 e. The summed E-state index contributed by atoms with van der Waals surface area (Å²) in [5, 5.41) is 10.2. The van der Waals surface area contributed by atoms with E-state index < -0.39 is 0 Å². The van der Waals surface area contributed by atoms with Crippen LogP contribution < -0.4 is 0 Å². The summed E-state index contributed by atoms with van der Waals surface area (Å²) in [4.78, 5) is 4.71. The number of likely N-dealkylation sites (N-methyl/N-ethyl adjacent to an activating group) is 1. The fourth-order valence-corrected chi connectivity index (χ4v) is 3.36. The molecule has 0 aromatic carbocycles. The molecule has 0 saturated carbocycles. The predicted molar refractivity (Wildman–Crippen MR) is 85.9 cm³/mol. The van der Waals surface area contributed by atoms with Crippen LogP contribution in [0.25, 0.3) is 0 Å². The number of β-amino-alcohol motifs (C(OH)–C–C–N with tert-alkyl or cyclic N) is 1. The molecule has 1 rings (SSSR count). The monoisotopic (exact) mass is 288 g/mol. The topological polar surface area (TPSA) is 26.7 Å². The van der Waals surface area contributed by atoms with Crippen LogP contribution in [0.3, 0.4) is 0 Å². The van der Waals surface area contributed by atoms with E-state index in [-0.39, 0.29) is 6.10 Å². The summed E-state index contributed by atoms with van der Waals surface area (Å²) in [5.74, 6) is 3.19. The lowest BCUT2D eigenvalue weighted by Crippen LogP contribution is -2.44. The SMILES string of the molecule is CCSCC(C)N(C)CC(O)CN1CCC(C)CC1. The van der Waals surface area contributed by atoms with Crippen molar-refractivity contribution in [2.24, 2.45) is 5.92 Å². The van der Waals surface area contributed by atoms with Crippen LogP contribution in [-0.2, 0) is 0 Å². The minimum Gasteiger partial charge on any atom is -0.390 e. The number of rotatable bonds is 8. The Morgan fingerprint density at radius 2 is 2.00 bits per heavy atom. The molecule has 1 N–H and O–H groups in total. The molecular weight excluding hydrogens is 256 g/mol. The van der Waals surface area contributed by atoms with Crippen molar-refractivity contribution in [3.8, 4) is 0 Å². The van der Waals surface area contributed by atoms with Crippen molar-refractivity contribution in [1.82, 2.24) is 9.80 Å². The van der Waals surface area contributed by atoms with Gasteiger partial charge in [0.2, 0.25) is 0 Å². The molecule has 114 valence electrons. The molecule has 0 aliphatic carbocycles. The second-order valence-corrected chi connectivity index (χ2v) is 7.40. The number of aliphatic hydroxyl groups excluding tert-OH is 1. The molecule has 0 aromatic heterocycles. The number of nitrogens with zero attached hydrogens (tertiary/aromatic N) is 2. The van der Waals surface area contributed by atoms with Crippen molar-refractivity contribution in [1.29, 1.82) is 0 Å². The highest BCUT2D eigenvalue weighted by Crippen LogP contribution is 2.16. The second-order valence-electron chi connectivity index (χ2n) is 6.09. The van der Waals surface area contributed by atoms with Gasteiger partial charge in [-0.2, -0.15) is 11.8 Å². The van der Waals surface area contributed by atoms with Crippen LogP contribution in [0.1, 0.15) is 33.6 Å². The first kappa shape index (κ1) is 17.3. The highest BCUT2D eigenvalue weighted by Gasteiger charge is 2.20. The molecule has 0 aromatic rings. The first-order valence-electron chi connectivity index (χ1n) is 7.71. The van der Waals surface area contributed by atoms with Gasteiger partial charge in [0.15, 0.2) is 0 Å². The van der Waals surface area contributed by atoms with Crippen molar-refractivity contribution in [3.05, 3.63) is 0 Å². The zero-order chi connectivity index (χ0) is 14.3. The van der Waals surface area contributed by atoms with Gasteiger partial charge in [0.1, 0.15) is 0 Å². The Kier molecular flexibility index (Phi) is 8.38. The molecule has 0 amide bonds. The molecule has 4 heteroatoms. The molecule has 0 bridgehead atoms. The molecule has 3 nitrogen and oxygen atoms in total. The van der Waals surface area contributed by atoms with E-state index in [2.05, 4.69) is 37.6 Å². The zero-order valence-corrected chi connectivity index (χ0v) is 14.0. The summed E-state index contributed by atoms with van der Waals surface area (Å²) in [6.07, 6.45) is 2.35. The Morgan fingerprint density at radius 1 is 1.37 bits per heavy atom. The van der Waals surface area contributed by atoms with Crippen LogP contribution in [0, 0.1) is 5.92 Å². The summed E-state index contributed by atoms with van der Waals surface area (Å²) in [6.45, 7) is 10.7. The number of likely N-dealkylation sites (tertiary alicyclic amines) is 1. The van der Waals surface area contributed by atoms with Crippen LogP contribution in [0.2, 0.25) is 0 Å². The van der Waals surface area contributed by atoms with Crippen LogP contribution in [0.5, 0.6) is 0 Å². The summed E-state index contributed by atoms with van der Waals surface area (Å²) >= 11 is 1.97. The fraction of sp³-hybridized carbons (Fsp3) is 1.00.